The summed E-state index contributed by atoms with van der Waals surface area (Å²) in [6, 6.07) is 0. The van der Waals surface area contributed by atoms with Crippen molar-refractivity contribution in [2.45, 2.75) is 79.6 Å². The Morgan fingerprint density at radius 3 is 1.80 bits per heavy atom. The van der Waals surface area contributed by atoms with Gasteiger partial charge in [0.1, 0.15) is 0 Å². The second kappa shape index (κ2) is 16.0. The standard InChI is InChI=1S/C13H24.C7H12/c1-5-8-10-12(4)13(7-3)11-9-6-2;1-4-6-7(3)5-2/h7H,4-6,8-11H2,1-3H3;4,6H,3,5H2,1-2H3/b13-7+;6-4+. The molecule has 0 nitrogen and oxygen atoms in total. The SMILES string of the molecule is C=C(/C=C/C)CC.C=C(CCCC)/C(=C/C)CCCC. The van der Waals surface area contributed by atoms with Gasteiger partial charge in [0.15, 0.2) is 0 Å². The number of unbranched alkanes of at least 4 members (excludes halogenated alkanes) is 2. The van der Waals surface area contributed by atoms with Gasteiger partial charge in [0.05, 0.1) is 0 Å². The first-order valence-corrected chi connectivity index (χ1v) is 8.20. The smallest absolute Gasteiger partial charge is 0.0280 e. The zero-order chi connectivity index (χ0) is 15.8. The third-order valence-electron chi connectivity index (χ3n) is 3.29. The molecule has 0 amide bonds. The minimum absolute atomic E-state index is 1.06. The van der Waals surface area contributed by atoms with Gasteiger partial charge < -0.3 is 0 Å². The molecule has 0 aromatic rings. The quantitative estimate of drug-likeness (QED) is 0.385. The monoisotopic (exact) mass is 276 g/mol. The molecule has 0 saturated heterocycles. The van der Waals surface area contributed by atoms with Gasteiger partial charge in [-0.25, -0.2) is 0 Å². The first-order valence-electron chi connectivity index (χ1n) is 8.20. The Bertz CT molecular complexity index is 302. The van der Waals surface area contributed by atoms with E-state index < -0.39 is 0 Å². The normalized spacial score (nSPS) is 11.2. The fourth-order valence-corrected chi connectivity index (χ4v) is 1.80. The maximum atomic E-state index is 4.15. The molecule has 0 N–H and O–H groups in total. The number of rotatable bonds is 9. The summed E-state index contributed by atoms with van der Waals surface area (Å²) in [5, 5.41) is 0. The van der Waals surface area contributed by atoms with Gasteiger partial charge in [0, 0.05) is 0 Å². The molecule has 0 rings (SSSR count). The van der Waals surface area contributed by atoms with Crippen LogP contribution in [0.5, 0.6) is 0 Å². The van der Waals surface area contributed by atoms with Crippen LogP contribution in [0.1, 0.15) is 79.6 Å². The molecule has 0 spiro atoms. The van der Waals surface area contributed by atoms with Crippen LogP contribution in [0.2, 0.25) is 0 Å². The summed E-state index contributed by atoms with van der Waals surface area (Å²) in [5.74, 6) is 0. The van der Waals surface area contributed by atoms with Crippen LogP contribution in [0.3, 0.4) is 0 Å². The molecule has 20 heavy (non-hydrogen) atoms. The molecule has 116 valence electrons. The first-order chi connectivity index (χ1) is 9.56. The van der Waals surface area contributed by atoms with E-state index in [1.165, 1.54) is 55.2 Å². The van der Waals surface area contributed by atoms with Crippen molar-refractivity contribution in [2.24, 2.45) is 0 Å². The number of hydrogen-bond acceptors (Lipinski definition) is 0. The molecule has 0 heterocycles. The van der Waals surface area contributed by atoms with E-state index in [4.69, 9.17) is 0 Å². The van der Waals surface area contributed by atoms with Crippen LogP contribution in [0.4, 0.5) is 0 Å². The third kappa shape index (κ3) is 13.4. The van der Waals surface area contributed by atoms with Crippen LogP contribution in [0, 0.1) is 0 Å². The molecule has 0 radical (unpaired) electrons. The van der Waals surface area contributed by atoms with E-state index in [2.05, 4.69) is 46.9 Å². The second-order valence-corrected chi connectivity index (χ2v) is 5.14. The van der Waals surface area contributed by atoms with Crippen LogP contribution in [-0.4, -0.2) is 0 Å². The number of hydrogen-bond donors (Lipinski definition) is 0. The van der Waals surface area contributed by atoms with E-state index in [9.17, 15) is 0 Å². The van der Waals surface area contributed by atoms with Crippen molar-refractivity contribution in [1.82, 2.24) is 0 Å². The Morgan fingerprint density at radius 2 is 1.45 bits per heavy atom. The summed E-state index contributed by atoms with van der Waals surface area (Å²) in [7, 11) is 0. The van der Waals surface area contributed by atoms with Crippen LogP contribution in [0.15, 0.2) is 48.1 Å². The predicted octanol–water partition coefficient (Wildman–Crippen LogP) is 7.40. The van der Waals surface area contributed by atoms with E-state index in [0.717, 1.165) is 6.42 Å². The lowest BCUT2D eigenvalue weighted by molar-refractivity contribution is 0.753. The molecular formula is C20H36. The average Bonchev–Trinajstić information content (AvgIpc) is 2.46. The van der Waals surface area contributed by atoms with E-state index in [1.807, 2.05) is 19.1 Å². The highest BCUT2D eigenvalue weighted by Gasteiger charge is 2.00. The highest BCUT2D eigenvalue weighted by molar-refractivity contribution is 5.27. The molecule has 0 atom stereocenters. The van der Waals surface area contributed by atoms with Gasteiger partial charge in [-0.15, -0.1) is 0 Å². The van der Waals surface area contributed by atoms with Gasteiger partial charge in [0.2, 0.25) is 0 Å². The molecule has 0 bridgehead atoms. The predicted molar refractivity (Wildman–Crippen MR) is 96.2 cm³/mol. The lowest BCUT2D eigenvalue weighted by Gasteiger charge is -2.09. The van der Waals surface area contributed by atoms with E-state index in [0.29, 0.717) is 0 Å². The zero-order valence-corrected chi connectivity index (χ0v) is 14.6. The molecule has 0 heteroatoms. The highest BCUT2D eigenvalue weighted by Crippen LogP contribution is 2.20. The Labute approximate surface area is 128 Å². The van der Waals surface area contributed by atoms with Crippen molar-refractivity contribution in [3.05, 3.63) is 48.1 Å². The molecule has 0 fully saturated rings. The van der Waals surface area contributed by atoms with Crippen LogP contribution in [0.25, 0.3) is 0 Å². The summed E-state index contributed by atoms with van der Waals surface area (Å²) in [6.45, 7) is 18.6. The van der Waals surface area contributed by atoms with Gasteiger partial charge in [-0.1, -0.05) is 76.1 Å². The maximum Gasteiger partial charge on any atom is -0.0280 e. The molecule has 0 aliphatic carbocycles. The van der Waals surface area contributed by atoms with Crippen molar-refractivity contribution in [1.29, 1.82) is 0 Å². The fraction of sp³-hybridized carbons (Fsp3) is 0.600. The topological polar surface area (TPSA) is 0 Å². The van der Waals surface area contributed by atoms with Crippen molar-refractivity contribution in [2.75, 3.05) is 0 Å². The molecule has 0 aromatic carbocycles. The van der Waals surface area contributed by atoms with Crippen molar-refractivity contribution >= 4 is 0 Å². The summed E-state index contributed by atoms with van der Waals surface area (Å²) in [4.78, 5) is 0. The van der Waals surface area contributed by atoms with Crippen LogP contribution < -0.4 is 0 Å². The minimum Gasteiger partial charge on any atom is -0.0959 e. The highest BCUT2D eigenvalue weighted by atomic mass is 14.1. The summed E-state index contributed by atoms with van der Waals surface area (Å²) in [6.07, 6.45) is 14.8. The Morgan fingerprint density at radius 1 is 0.900 bits per heavy atom. The van der Waals surface area contributed by atoms with Gasteiger partial charge >= 0.3 is 0 Å². The summed E-state index contributed by atoms with van der Waals surface area (Å²) >= 11 is 0. The molecule has 0 aromatic heterocycles. The molecule has 0 unspecified atom stereocenters. The lowest BCUT2D eigenvalue weighted by atomic mass is 9.97. The Balaban J connectivity index is 0. The van der Waals surface area contributed by atoms with Crippen molar-refractivity contribution in [3.8, 4) is 0 Å². The van der Waals surface area contributed by atoms with Crippen LogP contribution in [-0.2, 0) is 0 Å². The van der Waals surface area contributed by atoms with Gasteiger partial charge in [0.25, 0.3) is 0 Å². The molecule has 0 aliphatic heterocycles. The van der Waals surface area contributed by atoms with Crippen LogP contribution >= 0.6 is 0 Å². The zero-order valence-electron chi connectivity index (χ0n) is 14.6. The molecule has 0 aliphatic rings. The average molecular weight is 277 g/mol. The summed E-state index contributed by atoms with van der Waals surface area (Å²) in [5.41, 5.74) is 4.04. The van der Waals surface area contributed by atoms with Crippen molar-refractivity contribution < 1.29 is 0 Å². The lowest BCUT2D eigenvalue weighted by Crippen LogP contribution is -1.89. The third-order valence-corrected chi connectivity index (χ3v) is 3.29. The molecule has 0 saturated carbocycles. The van der Waals surface area contributed by atoms with E-state index in [1.54, 1.807) is 0 Å². The van der Waals surface area contributed by atoms with Gasteiger partial charge in [-0.3, -0.25) is 0 Å². The Hall–Kier alpha value is -1.04. The first kappa shape index (κ1) is 21.3. The summed E-state index contributed by atoms with van der Waals surface area (Å²) < 4.78 is 0. The Kier molecular flexibility index (Phi) is 17.0. The van der Waals surface area contributed by atoms with Gasteiger partial charge in [-0.05, 0) is 51.5 Å². The van der Waals surface area contributed by atoms with Gasteiger partial charge in [-0.2, -0.15) is 0 Å². The molecular weight excluding hydrogens is 240 g/mol. The number of allylic oxidation sites excluding steroid dienone is 6. The minimum atomic E-state index is 1.06. The van der Waals surface area contributed by atoms with E-state index >= 15 is 0 Å². The fourth-order valence-electron chi connectivity index (χ4n) is 1.80. The maximum absolute atomic E-state index is 4.15. The van der Waals surface area contributed by atoms with Crippen molar-refractivity contribution in [3.63, 3.8) is 0 Å². The van der Waals surface area contributed by atoms with E-state index in [-0.39, 0.29) is 0 Å². The second-order valence-electron chi connectivity index (χ2n) is 5.14. The largest absolute Gasteiger partial charge is 0.0959 e.